The van der Waals surface area contributed by atoms with Gasteiger partial charge in [0.05, 0.1) is 12.7 Å². The SMILES string of the molecule is CCc1cc(Br)ccc1NC(=S)Nc1sc(-c2ccccc2)cc1C(=O)OC. The van der Waals surface area contributed by atoms with Crippen molar-refractivity contribution in [2.45, 2.75) is 13.3 Å². The Bertz CT molecular complexity index is 1000. The molecule has 0 saturated carbocycles. The minimum Gasteiger partial charge on any atom is -0.465 e. The normalized spacial score (nSPS) is 10.4. The minimum absolute atomic E-state index is 0.401. The van der Waals surface area contributed by atoms with Gasteiger partial charge in [0, 0.05) is 15.0 Å². The highest BCUT2D eigenvalue weighted by molar-refractivity contribution is 9.10. The van der Waals surface area contributed by atoms with E-state index in [-0.39, 0.29) is 0 Å². The summed E-state index contributed by atoms with van der Waals surface area (Å²) in [7, 11) is 1.37. The lowest BCUT2D eigenvalue weighted by Crippen LogP contribution is -2.20. The van der Waals surface area contributed by atoms with Gasteiger partial charge in [0.15, 0.2) is 5.11 Å². The summed E-state index contributed by atoms with van der Waals surface area (Å²) >= 11 is 10.4. The molecule has 1 aromatic heterocycles. The molecule has 0 amide bonds. The molecule has 3 rings (SSSR count). The molecule has 0 spiro atoms. The van der Waals surface area contributed by atoms with Gasteiger partial charge in [-0.15, -0.1) is 11.3 Å². The number of thiocarbonyl (C=S) groups is 1. The Kier molecular flexibility index (Phi) is 6.83. The van der Waals surface area contributed by atoms with Crippen LogP contribution in [0.25, 0.3) is 10.4 Å². The first-order chi connectivity index (χ1) is 13.5. The summed E-state index contributed by atoms with van der Waals surface area (Å²) in [6.45, 7) is 2.09. The fourth-order valence-corrected chi connectivity index (χ4v) is 4.46. The van der Waals surface area contributed by atoms with Gasteiger partial charge in [-0.3, -0.25) is 0 Å². The molecule has 0 unspecified atom stereocenters. The molecule has 1 heterocycles. The zero-order chi connectivity index (χ0) is 20.1. The molecule has 0 saturated heterocycles. The molecule has 0 aliphatic rings. The van der Waals surface area contributed by atoms with Crippen LogP contribution in [-0.2, 0) is 11.2 Å². The van der Waals surface area contributed by atoms with Crippen LogP contribution in [0, 0.1) is 0 Å². The first-order valence-electron chi connectivity index (χ1n) is 8.65. The van der Waals surface area contributed by atoms with Crippen LogP contribution in [0.2, 0.25) is 0 Å². The van der Waals surface area contributed by atoms with Crippen LogP contribution in [0.3, 0.4) is 0 Å². The van der Waals surface area contributed by atoms with Gasteiger partial charge in [-0.2, -0.15) is 0 Å². The molecule has 28 heavy (non-hydrogen) atoms. The summed E-state index contributed by atoms with van der Waals surface area (Å²) in [5, 5.41) is 7.45. The van der Waals surface area contributed by atoms with Crippen molar-refractivity contribution in [1.82, 2.24) is 0 Å². The van der Waals surface area contributed by atoms with Crippen LogP contribution in [0.4, 0.5) is 10.7 Å². The van der Waals surface area contributed by atoms with Gasteiger partial charge in [-0.05, 0) is 54.0 Å². The first-order valence-corrected chi connectivity index (χ1v) is 10.7. The fraction of sp³-hybridized carbons (Fsp3) is 0.143. The number of esters is 1. The molecule has 0 aliphatic heterocycles. The number of thiophene rings is 1. The molecule has 0 radical (unpaired) electrons. The summed E-state index contributed by atoms with van der Waals surface area (Å²) < 4.78 is 5.96. The van der Waals surface area contributed by atoms with Crippen LogP contribution >= 0.6 is 39.5 Å². The average Bonchev–Trinajstić information content (AvgIpc) is 3.13. The maximum atomic E-state index is 12.2. The third kappa shape index (κ3) is 4.79. The summed E-state index contributed by atoms with van der Waals surface area (Å²) in [4.78, 5) is 13.2. The van der Waals surface area contributed by atoms with E-state index in [4.69, 9.17) is 17.0 Å². The number of halogens is 1. The molecule has 0 atom stereocenters. The van der Waals surface area contributed by atoms with Crippen LogP contribution in [0.15, 0.2) is 59.1 Å². The fourth-order valence-electron chi connectivity index (χ4n) is 2.72. The lowest BCUT2D eigenvalue weighted by molar-refractivity contribution is 0.0602. The Morgan fingerprint density at radius 1 is 1.14 bits per heavy atom. The molecule has 0 fully saturated rings. The highest BCUT2D eigenvalue weighted by Crippen LogP contribution is 2.36. The van der Waals surface area contributed by atoms with Gasteiger partial charge in [0.2, 0.25) is 0 Å². The van der Waals surface area contributed by atoms with Crippen LogP contribution in [-0.4, -0.2) is 18.2 Å². The summed E-state index contributed by atoms with van der Waals surface area (Å²) in [5.41, 5.74) is 3.57. The van der Waals surface area contributed by atoms with Crippen molar-refractivity contribution < 1.29 is 9.53 Å². The predicted octanol–water partition coefficient (Wildman–Crippen LogP) is 6.34. The van der Waals surface area contributed by atoms with Gasteiger partial charge in [-0.25, -0.2) is 4.79 Å². The first kappa shape index (κ1) is 20.5. The number of ether oxygens (including phenoxy) is 1. The molecule has 2 N–H and O–H groups in total. The minimum atomic E-state index is -0.401. The molecular formula is C21H19BrN2O2S2. The van der Waals surface area contributed by atoms with Crippen molar-refractivity contribution in [2.75, 3.05) is 17.7 Å². The highest BCUT2D eigenvalue weighted by atomic mass is 79.9. The van der Waals surface area contributed by atoms with E-state index in [2.05, 4.69) is 39.6 Å². The van der Waals surface area contributed by atoms with E-state index in [0.717, 1.165) is 32.6 Å². The van der Waals surface area contributed by atoms with E-state index in [1.807, 2.05) is 48.5 Å². The largest absolute Gasteiger partial charge is 0.465 e. The topological polar surface area (TPSA) is 50.4 Å². The molecular weight excluding hydrogens is 456 g/mol. The zero-order valence-electron chi connectivity index (χ0n) is 15.4. The number of anilines is 2. The Hall–Kier alpha value is -2.22. The van der Waals surface area contributed by atoms with Gasteiger partial charge in [0.25, 0.3) is 0 Å². The Labute approximate surface area is 182 Å². The molecule has 2 aromatic carbocycles. The number of hydrogen-bond donors (Lipinski definition) is 2. The standard InChI is InChI=1S/C21H19BrN2O2S2/c1-3-13-11-15(22)9-10-17(13)23-21(27)24-19-16(20(25)26-2)12-18(28-19)14-7-5-4-6-8-14/h4-12H,3H2,1-2H3,(H2,23,24,27). The number of aryl methyl sites for hydroxylation is 1. The lowest BCUT2D eigenvalue weighted by atomic mass is 10.1. The van der Waals surface area contributed by atoms with Gasteiger partial charge < -0.3 is 15.4 Å². The Morgan fingerprint density at radius 3 is 2.57 bits per heavy atom. The monoisotopic (exact) mass is 474 g/mol. The molecule has 7 heteroatoms. The number of carbonyl (C=O) groups is 1. The number of benzene rings is 2. The maximum absolute atomic E-state index is 12.2. The van der Waals surface area contributed by atoms with E-state index in [1.54, 1.807) is 0 Å². The summed E-state index contributed by atoms with van der Waals surface area (Å²) in [5.74, 6) is -0.401. The molecule has 0 bridgehead atoms. The third-order valence-corrected chi connectivity index (χ3v) is 5.92. The Balaban J connectivity index is 1.85. The number of methoxy groups -OCH3 is 1. The smallest absolute Gasteiger partial charge is 0.340 e. The molecule has 4 nitrogen and oxygen atoms in total. The third-order valence-electron chi connectivity index (χ3n) is 4.12. The zero-order valence-corrected chi connectivity index (χ0v) is 18.6. The number of hydrogen-bond acceptors (Lipinski definition) is 4. The maximum Gasteiger partial charge on any atom is 0.340 e. The lowest BCUT2D eigenvalue weighted by Gasteiger charge is -2.13. The van der Waals surface area contributed by atoms with Crippen molar-refractivity contribution in [1.29, 1.82) is 0 Å². The van der Waals surface area contributed by atoms with Crippen LogP contribution < -0.4 is 10.6 Å². The quantitative estimate of drug-likeness (QED) is 0.333. The van der Waals surface area contributed by atoms with Crippen molar-refractivity contribution in [3.05, 3.63) is 70.2 Å². The average molecular weight is 475 g/mol. The van der Waals surface area contributed by atoms with E-state index >= 15 is 0 Å². The van der Waals surface area contributed by atoms with Gasteiger partial charge in [-0.1, -0.05) is 53.2 Å². The second kappa shape index (κ2) is 9.32. The predicted molar refractivity (Wildman–Crippen MR) is 124 cm³/mol. The van der Waals surface area contributed by atoms with Crippen molar-refractivity contribution >= 4 is 61.3 Å². The highest BCUT2D eigenvalue weighted by Gasteiger charge is 2.18. The van der Waals surface area contributed by atoms with Crippen molar-refractivity contribution in [2.24, 2.45) is 0 Å². The second-order valence-electron chi connectivity index (χ2n) is 5.95. The summed E-state index contributed by atoms with van der Waals surface area (Å²) in [6.07, 6.45) is 0.870. The van der Waals surface area contributed by atoms with Crippen LogP contribution in [0.5, 0.6) is 0 Å². The molecule has 144 valence electrons. The van der Waals surface area contributed by atoms with Crippen molar-refractivity contribution in [3.63, 3.8) is 0 Å². The number of carbonyl (C=O) groups excluding carboxylic acids is 1. The van der Waals surface area contributed by atoms with Crippen LogP contribution in [0.1, 0.15) is 22.8 Å². The second-order valence-corrected chi connectivity index (χ2v) is 8.32. The molecule has 0 aliphatic carbocycles. The Morgan fingerprint density at radius 2 is 1.89 bits per heavy atom. The van der Waals surface area contributed by atoms with E-state index in [9.17, 15) is 4.79 Å². The van der Waals surface area contributed by atoms with E-state index < -0.39 is 5.97 Å². The number of rotatable bonds is 5. The van der Waals surface area contributed by atoms with Gasteiger partial charge in [0.1, 0.15) is 5.00 Å². The molecule has 3 aromatic rings. The van der Waals surface area contributed by atoms with Crippen molar-refractivity contribution in [3.8, 4) is 10.4 Å². The van der Waals surface area contributed by atoms with Gasteiger partial charge >= 0.3 is 5.97 Å². The van der Waals surface area contributed by atoms with E-state index in [1.165, 1.54) is 18.4 Å². The number of nitrogens with one attached hydrogen (secondary N) is 2. The van der Waals surface area contributed by atoms with E-state index in [0.29, 0.717) is 15.7 Å². The summed E-state index contributed by atoms with van der Waals surface area (Å²) in [6, 6.07) is 17.7.